The van der Waals surface area contributed by atoms with Gasteiger partial charge >= 0.3 is 0 Å². The van der Waals surface area contributed by atoms with Gasteiger partial charge in [-0.25, -0.2) is 4.39 Å². The molecule has 0 aliphatic heterocycles. The third-order valence-electron chi connectivity index (χ3n) is 3.36. The van der Waals surface area contributed by atoms with Crippen LogP contribution in [0.2, 0.25) is 5.02 Å². The first kappa shape index (κ1) is 15.6. The second kappa shape index (κ2) is 7.29. The summed E-state index contributed by atoms with van der Waals surface area (Å²) >= 11 is 5.81. The lowest BCUT2D eigenvalue weighted by Gasteiger charge is -2.01. The van der Waals surface area contributed by atoms with Crippen LogP contribution >= 0.6 is 11.6 Å². The number of benzene rings is 2. The molecule has 0 heterocycles. The van der Waals surface area contributed by atoms with E-state index in [1.165, 1.54) is 24.5 Å². The Morgan fingerprint density at radius 3 is 2.43 bits per heavy atom. The van der Waals surface area contributed by atoms with E-state index >= 15 is 0 Å². The zero-order valence-electron chi connectivity index (χ0n) is 12.3. The normalized spacial score (nSPS) is 10.1. The fourth-order valence-corrected chi connectivity index (χ4v) is 2.39. The van der Waals surface area contributed by atoms with Crippen molar-refractivity contribution >= 4 is 11.6 Å². The predicted molar refractivity (Wildman–Crippen MR) is 87.2 cm³/mol. The van der Waals surface area contributed by atoms with Gasteiger partial charge in [0.1, 0.15) is 5.82 Å². The lowest BCUT2D eigenvalue weighted by Crippen LogP contribution is -1.89. The van der Waals surface area contributed by atoms with Crippen molar-refractivity contribution in [1.82, 2.24) is 0 Å². The van der Waals surface area contributed by atoms with Crippen molar-refractivity contribution < 1.29 is 4.39 Å². The Balaban J connectivity index is 2.19. The zero-order chi connectivity index (χ0) is 15.2. The molecule has 0 nitrogen and oxygen atoms in total. The van der Waals surface area contributed by atoms with Gasteiger partial charge < -0.3 is 0 Å². The number of hydrogen-bond acceptors (Lipinski definition) is 0. The molecule has 0 N–H and O–H groups in total. The Morgan fingerprint density at radius 1 is 1.10 bits per heavy atom. The van der Waals surface area contributed by atoms with Gasteiger partial charge in [0, 0.05) is 10.6 Å². The van der Waals surface area contributed by atoms with Crippen LogP contribution in [0, 0.1) is 24.6 Å². The van der Waals surface area contributed by atoms with Crippen LogP contribution in [0.5, 0.6) is 0 Å². The maximum Gasteiger partial charge on any atom is 0.140 e. The van der Waals surface area contributed by atoms with Crippen LogP contribution in [0.3, 0.4) is 0 Å². The van der Waals surface area contributed by atoms with Crippen molar-refractivity contribution in [3.8, 4) is 11.8 Å². The quantitative estimate of drug-likeness (QED) is 0.654. The van der Waals surface area contributed by atoms with E-state index < -0.39 is 0 Å². The first-order valence-corrected chi connectivity index (χ1v) is 7.54. The number of hydrogen-bond donors (Lipinski definition) is 0. The third-order valence-corrected chi connectivity index (χ3v) is 3.58. The fraction of sp³-hybridized carbons (Fsp3) is 0.263. The summed E-state index contributed by atoms with van der Waals surface area (Å²) in [5.74, 6) is 5.55. The molecule has 2 heteroatoms. The van der Waals surface area contributed by atoms with E-state index in [0.29, 0.717) is 10.6 Å². The fourth-order valence-electron chi connectivity index (χ4n) is 2.13. The van der Waals surface area contributed by atoms with Crippen LogP contribution in [0.25, 0.3) is 0 Å². The second-order valence-corrected chi connectivity index (χ2v) is 5.57. The summed E-state index contributed by atoms with van der Waals surface area (Å²) in [7, 11) is 0. The number of rotatable bonds is 3. The highest BCUT2D eigenvalue weighted by molar-refractivity contribution is 6.30. The van der Waals surface area contributed by atoms with Gasteiger partial charge in [-0.15, -0.1) is 0 Å². The standard InChI is InChI=1S/C19H18ClF/c1-3-4-5-15-6-8-16(9-7-15)10-11-18-14(2)12-17(20)13-19(18)21/h6-9,12-13H,3-5H2,1-2H3. The van der Waals surface area contributed by atoms with Crippen molar-refractivity contribution in [2.75, 3.05) is 0 Å². The Bertz CT molecular complexity index is 652. The molecule has 0 saturated heterocycles. The lowest BCUT2D eigenvalue weighted by atomic mass is 10.1. The van der Waals surface area contributed by atoms with Crippen LogP contribution in [0.15, 0.2) is 36.4 Å². The minimum absolute atomic E-state index is 0.368. The molecule has 0 aromatic heterocycles. The summed E-state index contributed by atoms with van der Waals surface area (Å²) in [4.78, 5) is 0. The smallest absolute Gasteiger partial charge is 0.140 e. The molecule has 0 radical (unpaired) electrons. The highest BCUT2D eigenvalue weighted by atomic mass is 35.5. The van der Waals surface area contributed by atoms with Crippen LogP contribution in [0.4, 0.5) is 4.39 Å². The van der Waals surface area contributed by atoms with Gasteiger partial charge in [-0.2, -0.15) is 0 Å². The molecule has 0 fully saturated rings. The third kappa shape index (κ3) is 4.34. The van der Waals surface area contributed by atoms with Crippen molar-refractivity contribution in [2.45, 2.75) is 33.1 Å². The summed E-state index contributed by atoms with van der Waals surface area (Å²) in [5.41, 5.74) is 3.38. The Kier molecular flexibility index (Phi) is 5.42. The van der Waals surface area contributed by atoms with Crippen molar-refractivity contribution in [1.29, 1.82) is 0 Å². The predicted octanol–water partition coefficient (Wildman–Crippen LogP) is 5.53. The molecule has 0 unspecified atom stereocenters. The van der Waals surface area contributed by atoms with E-state index in [2.05, 4.69) is 30.9 Å². The van der Waals surface area contributed by atoms with Crippen molar-refractivity contribution in [2.24, 2.45) is 0 Å². The van der Waals surface area contributed by atoms with Gasteiger partial charge in [0.2, 0.25) is 0 Å². The summed E-state index contributed by atoms with van der Waals surface area (Å²) in [6.45, 7) is 4.00. The summed E-state index contributed by atoms with van der Waals surface area (Å²) in [6, 6.07) is 11.2. The van der Waals surface area contributed by atoms with Crippen molar-refractivity contribution in [3.05, 3.63) is 69.5 Å². The number of aryl methyl sites for hydroxylation is 2. The van der Waals surface area contributed by atoms with Gasteiger partial charge in [-0.1, -0.05) is 48.9 Å². The molecule has 2 rings (SSSR count). The summed E-state index contributed by atoms with van der Waals surface area (Å²) in [6.07, 6.45) is 3.48. The van der Waals surface area contributed by atoms with E-state index in [-0.39, 0.29) is 5.82 Å². The van der Waals surface area contributed by atoms with Gasteiger partial charge in [-0.05, 0) is 55.2 Å². The van der Waals surface area contributed by atoms with E-state index in [4.69, 9.17) is 11.6 Å². The maximum absolute atomic E-state index is 13.8. The topological polar surface area (TPSA) is 0 Å². The zero-order valence-corrected chi connectivity index (χ0v) is 13.1. The first-order valence-electron chi connectivity index (χ1n) is 7.16. The lowest BCUT2D eigenvalue weighted by molar-refractivity contribution is 0.623. The number of unbranched alkanes of at least 4 members (excludes halogenated alkanes) is 1. The van der Waals surface area contributed by atoms with Gasteiger partial charge in [-0.3, -0.25) is 0 Å². The largest absolute Gasteiger partial charge is 0.206 e. The van der Waals surface area contributed by atoms with E-state index in [9.17, 15) is 4.39 Å². The molecule has 2 aromatic rings. The molecule has 108 valence electrons. The molecular formula is C19H18ClF. The maximum atomic E-state index is 13.8. The Morgan fingerprint density at radius 2 is 1.81 bits per heavy atom. The van der Waals surface area contributed by atoms with Crippen LogP contribution in [-0.2, 0) is 6.42 Å². The van der Waals surface area contributed by atoms with Gasteiger partial charge in [0.05, 0.1) is 5.56 Å². The molecule has 0 aliphatic rings. The van der Waals surface area contributed by atoms with E-state index in [1.807, 2.05) is 19.1 Å². The highest BCUT2D eigenvalue weighted by Gasteiger charge is 2.04. The monoisotopic (exact) mass is 300 g/mol. The number of halogens is 2. The highest BCUT2D eigenvalue weighted by Crippen LogP contribution is 2.18. The van der Waals surface area contributed by atoms with E-state index in [0.717, 1.165) is 17.5 Å². The molecule has 0 spiro atoms. The van der Waals surface area contributed by atoms with Crippen LogP contribution < -0.4 is 0 Å². The molecule has 0 saturated carbocycles. The molecule has 0 aliphatic carbocycles. The van der Waals surface area contributed by atoms with Crippen LogP contribution in [-0.4, -0.2) is 0 Å². The Hall–Kier alpha value is -1.78. The SMILES string of the molecule is CCCCc1ccc(C#Cc2c(C)cc(Cl)cc2F)cc1. The van der Waals surface area contributed by atoms with Gasteiger partial charge in [0.25, 0.3) is 0 Å². The molecule has 0 amide bonds. The first-order chi connectivity index (χ1) is 10.1. The summed E-state index contributed by atoms with van der Waals surface area (Å²) < 4.78 is 13.8. The summed E-state index contributed by atoms with van der Waals surface area (Å²) in [5, 5.41) is 0.399. The molecular weight excluding hydrogens is 283 g/mol. The minimum Gasteiger partial charge on any atom is -0.206 e. The molecule has 2 aromatic carbocycles. The second-order valence-electron chi connectivity index (χ2n) is 5.13. The van der Waals surface area contributed by atoms with E-state index in [1.54, 1.807) is 6.07 Å². The van der Waals surface area contributed by atoms with Crippen molar-refractivity contribution in [3.63, 3.8) is 0 Å². The van der Waals surface area contributed by atoms with Crippen LogP contribution in [0.1, 0.15) is 42.0 Å². The average molecular weight is 301 g/mol. The average Bonchev–Trinajstić information content (AvgIpc) is 2.45. The molecule has 0 atom stereocenters. The minimum atomic E-state index is -0.368. The Labute approximate surface area is 131 Å². The van der Waals surface area contributed by atoms with Gasteiger partial charge in [0.15, 0.2) is 0 Å². The molecule has 0 bridgehead atoms. The molecule has 21 heavy (non-hydrogen) atoms.